The van der Waals surface area contributed by atoms with Crippen LogP contribution in [-0.2, 0) is 16.1 Å². The SMILES string of the molecule is CCc1ccc(NC(=O)CON=C(C)c2cc3ccccc3o2)cc1. The fraction of sp³-hybridized carbons (Fsp3) is 0.200. The number of nitrogens with zero attached hydrogens (tertiary/aromatic N) is 1. The molecule has 1 heterocycles. The Kier molecular flexibility index (Phi) is 5.14. The quantitative estimate of drug-likeness (QED) is 0.537. The third kappa shape index (κ3) is 4.26. The Hall–Kier alpha value is -3.08. The highest BCUT2D eigenvalue weighted by Gasteiger charge is 2.07. The summed E-state index contributed by atoms with van der Waals surface area (Å²) in [6, 6.07) is 17.3. The fourth-order valence-corrected chi connectivity index (χ4v) is 2.41. The van der Waals surface area contributed by atoms with E-state index in [-0.39, 0.29) is 12.5 Å². The number of aryl methyl sites for hydroxylation is 1. The van der Waals surface area contributed by atoms with Gasteiger partial charge >= 0.3 is 0 Å². The molecular formula is C20H20N2O3. The van der Waals surface area contributed by atoms with E-state index in [9.17, 15) is 4.79 Å². The summed E-state index contributed by atoms with van der Waals surface area (Å²) in [5.41, 5.74) is 3.33. The molecule has 0 radical (unpaired) electrons. The first kappa shape index (κ1) is 16.8. The lowest BCUT2D eigenvalue weighted by Gasteiger charge is -2.05. The summed E-state index contributed by atoms with van der Waals surface area (Å²) in [7, 11) is 0. The van der Waals surface area contributed by atoms with Gasteiger partial charge in [-0.1, -0.05) is 42.4 Å². The Morgan fingerprint density at radius 1 is 1.16 bits per heavy atom. The van der Waals surface area contributed by atoms with Gasteiger partial charge in [-0.2, -0.15) is 0 Å². The Balaban J connectivity index is 1.55. The maximum atomic E-state index is 11.9. The number of para-hydroxylation sites is 1. The van der Waals surface area contributed by atoms with Gasteiger partial charge in [0.25, 0.3) is 5.91 Å². The predicted octanol–water partition coefficient (Wildman–Crippen LogP) is 4.37. The van der Waals surface area contributed by atoms with Gasteiger partial charge in [-0.05, 0) is 43.2 Å². The minimum absolute atomic E-state index is 0.160. The maximum absolute atomic E-state index is 11.9. The lowest BCUT2D eigenvalue weighted by atomic mass is 10.1. The van der Waals surface area contributed by atoms with Gasteiger partial charge in [0.2, 0.25) is 0 Å². The van der Waals surface area contributed by atoms with E-state index in [4.69, 9.17) is 9.25 Å². The minimum atomic E-state index is -0.259. The Labute approximate surface area is 146 Å². The van der Waals surface area contributed by atoms with Crippen molar-refractivity contribution in [3.8, 4) is 0 Å². The molecule has 0 fully saturated rings. The molecule has 0 spiro atoms. The van der Waals surface area contributed by atoms with Gasteiger partial charge < -0.3 is 14.6 Å². The number of nitrogens with one attached hydrogen (secondary N) is 1. The molecule has 0 saturated heterocycles. The lowest BCUT2D eigenvalue weighted by molar-refractivity contribution is -0.120. The van der Waals surface area contributed by atoms with Crippen LogP contribution in [0.2, 0.25) is 0 Å². The number of furan rings is 1. The summed E-state index contributed by atoms with van der Waals surface area (Å²) in [6.07, 6.45) is 0.965. The van der Waals surface area contributed by atoms with Crippen LogP contribution in [-0.4, -0.2) is 18.2 Å². The Morgan fingerprint density at radius 3 is 2.64 bits per heavy atom. The van der Waals surface area contributed by atoms with Gasteiger partial charge in [-0.3, -0.25) is 4.79 Å². The van der Waals surface area contributed by atoms with Crippen molar-refractivity contribution in [2.24, 2.45) is 5.16 Å². The third-order valence-electron chi connectivity index (χ3n) is 3.83. The van der Waals surface area contributed by atoms with Crippen LogP contribution in [0.5, 0.6) is 0 Å². The van der Waals surface area contributed by atoms with E-state index in [0.717, 1.165) is 23.1 Å². The number of fused-ring (bicyclic) bond motifs is 1. The minimum Gasteiger partial charge on any atom is -0.455 e. The number of rotatable bonds is 6. The molecule has 0 aliphatic carbocycles. The van der Waals surface area contributed by atoms with E-state index in [1.165, 1.54) is 5.56 Å². The van der Waals surface area contributed by atoms with Crippen LogP contribution in [0, 0.1) is 0 Å². The van der Waals surface area contributed by atoms with Crippen LogP contribution in [0.15, 0.2) is 64.2 Å². The van der Waals surface area contributed by atoms with E-state index >= 15 is 0 Å². The summed E-state index contributed by atoms with van der Waals surface area (Å²) in [5.74, 6) is 0.363. The van der Waals surface area contributed by atoms with Gasteiger partial charge in [0, 0.05) is 11.1 Å². The van der Waals surface area contributed by atoms with Crippen LogP contribution in [0.25, 0.3) is 11.0 Å². The van der Waals surface area contributed by atoms with Gasteiger partial charge in [0.15, 0.2) is 12.4 Å². The molecule has 1 amide bonds. The Bertz CT molecular complexity index is 862. The molecule has 0 bridgehead atoms. The van der Waals surface area contributed by atoms with Crippen molar-refractivity contribution < 1.29 is 14.0 Å². The standard InChI is InChI=1S/C20H20N2O3/c1-3-15-8-10-17(11-9-15)21-20(23)13-24-22-14(2)19-12-16-6-4-5-7-18(16)25-19/h4-12H,3,13H2,1-2H3,(H,21,23). The molecule has 1 N–H and O–H groups in total. The summed E-state index contributed by atoms with van der Waals surface area (Å²) < 4.78 is 5.69. The maximum Gasteiger partial charge on any atom is 0.265 e. The van der Waals surface area contributed by atoms with E-state index in [1.807, 2.05) is 54.6 Å². The first-order valence-electron chi connectivity index (χ1n) is 8.20. The summed E-state index contributed by atoms with van der Waals surface area (Å²) in [5, 5.41) is 7.73. The molecule has 5 nitrogen and oxygen atoms in total. The van der Waals surface area contributed by atoms with Crippen molar-refractivity contribution in [3.05, 3.63) is 65.9 Å². The predicted molar refractivity (Wildman–Crippen MR) is 98.8 cm³/mol. The molecule has 0 saturated carbocycles. The highest BCUT2D eigenvalue weighted by molar-refractivity contribution is 5.99. The number of oxime groups is 1. The zero-order chi connectivity index (χ0) is 17.6. The molecule has 1 aromatic heterocycles. The number of hydrogen-bond acceptors (Lipinski definition) is 4. The second-order valence-electron chi connectivity index (χ2n) is 5.70. The van der Waals surface area contributed by atoms with Gasteiger partial charge in [-0.25, -0.2) is 0 Å². The topological polar surface area (TPSA) is 63.8 Å². The van der Waals surface area contributed by atoms with Crippen molar-refractivity contribution >= 4 is 28.3 Å². The van der Waals surface area contributed by atoms with Gasteiger partial charge in [0.1, 0.15) is 11.3 Å². The monoisotopic (exact) mass is 336 g/mol. The van der Waals surface area contributed by atoms with Crippen LogP contribution in [0.1, 0.15) is 25.2 Å². The first-order chi connectivity index (χ1) is 12.2. The second-order valence-corrected chi connectivity index (χ2v) is 5.70. The number of benzene rings is 2. The molecule has 5 heteroatoms. The third-order valence-corrected chi connectivity index (χ3v) is 3.83. The van der Waals surface area contributed by atoms with Crippen molar-refractivity contribution in [2.45, 2.75) is 20.3 Å². The van der Waals surface area contributed by atoms with E-state index < -0.39 is 0 Å². The summed E-state index contributed by atoms with van der Waals surface area (Å²) in [6.45, 7) is 3.70. The van der Waals surface area contributed by atoms with Crippen molar-refractivity contribution in [2.75, 3.05) is 11.9 Å². The molecular weight excluding hydrogens is 316 g/mol. The smallest absolute Gasteiger partial charge is 0.265 e. The number of hydrogen-bond donors (Lipinski definition) is 1. The van der Waals surface area contributed by atoms with E-state index in [0.29, 0.717) is 11.5 Å². The van der Waals surface area contributed by atoms with Gasteiger partial charge in [0.05, 0.1) is 0 Å². The molecule has 128 valence electrons. The number of carbonyl (C=O) groups excluding carboxylic acids is 1. The Morgan fingerprint density at radius 2 is 1.92 bits per heavy atom. The van der Waals surface area contributed by atoms with Crippen molar-refractivity contribution in [1.82, 2.24) is 0 Å². The normalized spacial score (nSPS) is 11.5. The van der Waals surface area contributed by atoms with Crippen LogP contribution >= 0.6 is 0 Å². The molecule has 2 aromatic carbocycles. The van der Waals surface area contributed by atoms with E-state index in [1.54, 1.807) is 6.92 Å². The van der Waals surface area contributed by atoms with Crippen LogP contribution < -0.4 is 5.32 Å². The van der Waals surface area contributed by atoms with Crippen molar-refractivity contribution in [3.63, 3.8) is 0 Å². The fourth-order valence-electron chi connectivity index (χ4n) is 2.41. The van der Waals surface area contributed by atoms with Crippen LogP contribution in [0.3, 0.4) is 0 Å². The molecule has 25 heavy (non-hydrogen) atoms. The number of anilines is 1. The van der Waals surface area contributed by atoms with Crippen molar-refractivity contribution in [1.29, 1.82) is 0 Å². The summed E-state index contributed by atoms with van der Waals surface area (Å²) in [4.78, 5) is 17.0. The highest BCUT2D eigenvalue weighted by atomic mass is 16.6. The lowest BCUT2D eigenvalue weighted by Crippen LogP contribution is -2.17. The molecule has 0 aliphatic heterocycles. The second kappa shape index (κ2) is 7.66. The molecule has 3 rings (SSSR count). The zero-order valence-corrected chi connectivity index (χ0v) is 14.3. The molecule has 0 atom stereocenters. The van der Waals surface area contributed by atoms with E-state index in [2.05, 4.69) is 17.4 Å². The largest absolute Gasteiger partial charge is 0.455 e. The van der Waals surface area contributed by atoms with Crippen LogP contribution in [0.4, 0.5) is 5.69 Å². The highest BCUT2D eigenvalue weighted by Crippen LogP contribution is 2.19. The number of carbonyl (C=O) groups is 1. The zero-order valence-electron chi connectivity index (χ0n) is 14.3. The first-order valence-corrected chi connectivity index (χ1v) is 8.20. The van der Waals surface area contributed by atoms with Gasteiger partial charge in [-0.15, -0.1) is 0 Å². The average molecular weight is 336 g/mol. The average Bonchev–Trinajstić information content (AvgIpc) is 3.06. The summed E-state index contributed by atoms with van der Waals surface area (Å²) >= 11 is 0. The number of amides is 1. The molecule has 0 unspecified atom stereocenters. The molecule has 0 aliphatic rings. The molecule has 3 aromatic rings.